The highest BCUT2D eigenvalue weighted by molar-refractivity contribution is 5.94. The summed E-state index contributed by atoms with van der Waals surface area (Å²) in [6.45, 7) is 5.74. The van der Waals surface area contributed by atoms with Crippen LogP contribution in [-0.4, -0.2) is 51.3 Å². The van der Waals surface area contributed by atoms with Gasteiger partial charge < -0.3 is 19.5 Å². The second kappa shape index (κ2) is 8.08. The lowest BCUT2D eigenvalue weighted by molar-refractivity contribution is -0.124. The normalized spacial score (nSPS) is 21.1. The number of carbonyl (C=O) groups is 1. The third kappa shape index (κ3) is 3.37. The van der Waals surface area contributed by atoms with E-state index in [9.17, 15) is 4.79 Å². The minimum Gasteiger partial charge on any atom is -0.488 e. The number of aromatic nitrogens is 4. The van der Waals surface area contributed by atoms with Gasteiger partial charge in [0.15, 0.2) is 5.75 Å². The zero-order valence-corrected chi connectivity index (χ0v) is 20.4. The Labute approximate surface area is 208 Å². The minimum absolute atomic E-state index is 0.0244. The lowest BCUT2D eigenvalue weighted by Gasteiger charge is -2.30. The van der Waals surface area contributed by atoms with Crippen molar-refractivity contribution in [2.75, 3.05) is 24.6 Å². The zero-order valence-electron chi connectivity index (χ0n) is 20.4. The first kappa shape index (κ1) is 21.4. The van der Waals surface area contributed by atoms with Gasteiger partial charge in [0.05, 0.1) is 28.4 Å². The molecule has 1 N–H and O–H groups in total. The Kier molecular flexibility index (Phi) is 4.80. The fraction of sp³-hybridized carbons (Fsp3) is 0.407. The quantitative estimate of drug-likeness (QED) is 0.460. The van der Waals surface area contributed by atoms with Crippen LogP contribution in [0.4, 0.5) is 5.95 Å². The Balaban J connectivity index is 1.36. The molecule has 0 radical (unpaired) electrons. The lowest BCUT2D eigenvalue weighted by atomic mass is 10.0. The number of nitrogens with zero attached hydrogens (tertiary/aromatic N) is 5. The van der Waals surface area contributed by atoms with E-state index in [2.05, 4.69) is 24.9 Å². The van der Waals surface area contributed by atoms with Gasteiger partial charge in [-0.1, -0.05) is 11.2 Å². The first-order valence-electron chi connectivity index (χ1n) is 12.7. The van der Waals surface area contributed by atoms with Crippen molar-refractivity contribution in [3.63, 3.8) is 0 Å². The van der Waals surface area contributed by atoms with Gasteiger partial charge in [0.1, 0.15) is 23.9 Å². The summed E-state index contributed by atoms with van der Waals surface area (Å²) in [4.78, 5) is 24.8. The first-order valence-corrected chi connectivity index (χ1v) is 12.7. The summed E-state index contributed by atoms with van der Waals surface area (Å²) in [6.07, 6.45) is 4.83. The Hall–Kier alpha value is -3.88. The molecule has 1 amide bonds. The number of amides is 1. The molecule has 184 valence electrons. The van der Waals surface area contributed by atoms with E-state index in [4.69, 9.17) is 14.2 Å². The van der Waals surface area contributed by atoms with Gasteiger partial charge in [-0.05, 0) is 57.4 Å². The van der Waals surface area contributed by atoms with Crippen LogP contribution in [0.25, 0.3) is 22.2 Å². The molecule has 0 bridgehead atoms. The van der Waals surface area contributed by atoms with Crippen LogP contribution < -0.4 is 15.0 Å². The third-order valence-corrected chi connectivity index (χ3v) is 7.58. The molecule has 1 saturated carbocycles. The molecule has 1 aromatic carbocycles. The number of nitrogens with one attached hydrogen (secondary N) is 1. The van der Waals surface area contributed by atoms with E-state index < -0.39 is 0 Å². The van der Waals surface area contributed by atoms with E-state index in [0.717, 1.165) is 76.8 Å². The average molecular weight is 485 g/mol. The molecule has 0 spiro atoms. The van der Waals surface area contributed by atoms with E-state index in [1.807, 2.05) is 50.4 Å². The van der Waals surface area contributed by atoms with Crippen LogP contribution in [0, 0.1) is 19.8 Å². The minimum atomic E-state index is -0.127. The Morgan fingerprint density at radius 2 is 2.03 bits per heavy atom. The molecule has 2 atom stereocenters. The Morgan fingerprint density at radius 1 is 1.14 bits per heavy atom. The SMILES string of the molecule is Cc1noc(C)c1-c1ccc2nc(N3CCC(C(=O)NC4CC4)C3)n3c2c1OC[C@@H]3c1ccccn1. The van der Waals surface area contributed by atoms with Gasteiger partial charge in [0, 0.05) is 30.9 Å². The molecule has 1 unspecified atom stereocenters. The Bertz CT molecular complexity index is 1450. The summed E-state index contributed by atoms with van der Waals surface area (Å²) in [7, 11) is 0. The number of rotatable bonds is 5. The molecule has 9 heteroatoms. The summed E-state index contributed by atoms with van der Waals surface area (Å²) in [5.74, 6) is 2.55. The highest BCUT2D eigenvalue weighted by atomic mass is 16.5. The molecule has 1 saturated heterocycles. The van der Waals surface area contributed by atoms with Crippen LogP contribution in [0.15, 0.2) is 41.1 Å². The van der Waals surface area contributed by atoms with Gasteiger partial charge in [0.2, 0.25) is 11.9 Å². The number of carbonyl (C=O) groups excluding carboxylic acids is 1. The van der Waals surface area contributed by atoms with Crippen molar-refractivity contribution < 1.29 is 14.1 Å². The van der Waals surface area contributed by atoms with Crippen molar-refractivity contribution in [3.8, 4) is 16.9 Å². The number of pyridine rings is 1. The molecule has 3 aromatic heterocycles. The van der Waals surface area contributed by atoms with Gasteiger partial charge in [0.25, 0.3) is 0 Å². The molecule has 9 nitrogen and oxygen atoms in total. The fourth-order valence-corrected chi connectivity index (χ4v) is 5.60. The van der Waals surface area contributed by atoms with Crippen LogP contribution in [0.3, 0.4) is 0 Å². The summed E-state index contributed by atoms with van der Waals surface area (Å²) in [6, 6.07) is 10.3. The number of hydrogen-bond donors (Lipinski definition) is 1. The van der Waals surface area contributed by atoms with E-state index >= 15 is 0 Å². The molecule has 4 aromatic rings. The van der Waals surface area contributed by atoms with Crippen molar-refractivity contribution in [3.05, 3.63) is 53.7 Å². The molecular weight excluding hydrogens is 456 g/mol. The van der Waals surface area contributed by atoms with Crippen LogP contribution >= 0.6 is 0 Å². The van der Waals surface area contributed by atoms with E-state index in [1.54, 1.807) is 0 Å². The monoisotopic (exact) mass is 484 g/mol. The van der Waals surface area contributed by atoms with Crippen LogP contribution in [0.1, 0.15) is 42.5 Å². The molecule has 2 aliphatic heterocycles. The molecule has 7 rings (SSSR count). The van der Waals surface area contributed by atoms with Crippen molar-refractivity contribution >= 4 is 22.9 Å². The summed E-state index contributed by atoms with van der Waals surface area (Å²) >= 11 is 0. The van der Waals surface area contributed by atoms with E-state index in [0.29, 0.717) is 19.2 Å². The van der Waals surface area contributed by atoms with Crippen LogP contribution in [-0.2, 0) is 4.79 Å². The van der Waals surface area contributed by atoms with Crippen LogP contribution in [0.2, 0.25) is 0 Å². The van der Waals surface area contributed by atoms with Gasteiger partial charge in [-0.2, -0.15) is 0 Å². The second-order valence-corrected chi connectivity index (χ2v) is 10.1. The number of aryl methyl sites for hydroxylation is 2. The van der Waals surface area contributed by atoms with Gasteiger partial charge in [-0.25, -0.2) is 4.98 Å². The van der Waals surface area contributed by atoms with Gasteiger partial charge >= 0.3 is 0 Å². The topological polar surface area (TPSA) is 98.3 Å². The van der Waals surface area contributed by atoms with Crippen molar-refractivity contribution in [1.82, 2.24) is 25.0 Å². The largest absolute Gasteiger partial charge is 0.488 e. The number of imidazole rings is 1. The van der Waals surface area contributed by atoms with Crippen LogP contribution in [0.5, 0.6) is 5.75 Å². The van der Waals surface area contributed by atoms with Gasteiger partial charge in [-0.15, -0.1) is 0 Å². The van der Waals surface area contributed by atoms with Crippen molar-refractivity contribution in [1.29, 1.82) is 0 Å². The van der Waals surface area contributed by atoms with Gasteiger partial charge in [-0.3, -0.25) is 14.3 Å². The summed E-state index contributed by atoms with van der Waals surface area (Å²) in [5, 5.41) is 7.33. The maximum absolute atomic E-state index is 12.8. The highest BCUT2D eigenvalue weighted by Crippen LogP contribution is 2.46. The number of anilines is 1. The first-order chi connectivity index (χ1) is 17.6. The molecule has 3 aliphatic rings. The summed E-state index contributed by atoms with van der Waals surface area (Å²) < 4.78 is 14.2. The average Bonchev–Trinajstić information content (AvgIpc) is 3.27. The van der Waals surface area contributed by atoms with E-state index in [-0.39, 0.29) is 17.9 Å². The van der Waals surface area contributed by atoms with E-state index in [1.165, 1.54) is 0 Å². The third-order valence-electron chi connectivity index (χ3n) is 7.58. The zero-order chi connectivity index (χ0) is 24.4. The lowest BCUT2D eigenvalue weighted by Crippen LogP contribution is -2.35. The van der Waals surface area contributed by atoms with Crippen molar-refractivity contribution in [2.45, 2.75) is 45.2 Å². The van der Waals surface area contributed by atoms with Crippen molar-refractivity contribution in [2.24, 2.45) is 5.92 Å². The smallest absolute Gasteiger partial charge is 0.225 e. The Morgan fingerprint density at radius 3 is 2.78 bits per heavy atom. The highest BCUT2D eigenvalue weighted by Gasteiger charge is 2.37. The molecular formula is C27H28N6O3. The summed E-state index contributed by atoms with van der Waals surface area (Å²) in [5.41, 5.74) is 5.46. The molecule has 1 aliphatic carbocycles. The maximum atomic E-state index is 12.8. The number of ether oxygens (including phenoxy) is 1. The molecule has 5 heterocycles. The number of benzene rings is 1. The predicted molar refractivity (Wildman–Crippen MR) is 134 cm³/mol. The standard InChI is InChI=1S/C27H28N6O3/c1-15-23(16(2)36-31-15)19-8-9-21-24-25(19)35-14-22(20-5-3-4-11-28-20)33(24)27(30-21)32-12-10-17(13-32)26(34)29-18-6-7-18/h3-5,8-9,11,17-18,22H,6-7,10,12-14H2,1-2H3,(H,29,34)/t17?,22-/m1/s1. The molecule has 2 fully saturated rings. The number of hydrogen-bond acceptors (Lipinski definition) is 7. The maximum Gasteiger partial charge on any atom is 0.225 e. The second-order valence-electron chi connectivity index (χ2n) is 10.1. The molecule has 36 heavy (non-hydrogen) atoms. The predicted octanol–water partition coefficient (Wildman–Crippen LogP) is 3.79. The fourth-order valence-electron chi connectivity index (χ4n) is 5.60.